The molecule has 0 saturated carbocycles. The number of benzene rings is 1. The molecule has 0 N–H and O–H groups in total. The molecule has 1 aromatic carbocycles. The van der Waals surface area contributed by atoms with E-state index < -0.39 is 42.9 Å². The van der Waals surface area contributed by atoms with Crippen molar-refractivity contribution in [1.29, 1.82) is 0 Å². The van der Waals surface area contributed by atoms with E-state index in [0.29, 0.717) is 16.6 Å². The lowest BCUT2D eigenvalue weighted by Gasteiger charge is -2.29. The van der Waals surface area contributed by atoms with Gasteiger partial charge in [-0.15, -0.1) is 0 Å². The molecule has 2 atom stereocenters. The number of carbonyl (C=O) groups is 1. The van der Waals surface area contributed by atoms with Gasteiger partial charge in [-0.05, 0) is 38.5 Å². The molecule has 14 heteroatoms. The Hall–Kier alpha value is -0.820. The number of carbonyl (C=O) groups excluding carboxylic acids is 1. The van der Waals surface area contributed by atoms with E-state index in [-0.39, 0.29) is 19.8 Å². The molecule has 1 aliphatic rings. The van der Waals surface area contributed by atoms with Crippen LogP contribution in [0.4, 0.5) is 4.79 Å². The van der Waals surface area contributed by atoms with E-state index in [1.165, 1.54) is 4.90 Å². The number of nitrogens with zero attached hydrogens (tertiary/aromatic N) is 1. The first kappa shape index (κ1) is 30.2. The van der Waals surface area contributed by atoms with Gasteiger partial charge in [-0.3, -0.25) is 4.18 Å². The maximum Gasteiger partial charge on any atom is 0.410 e. The Labute approximate surface area is 209 Å². The number of hydrogen-bond acceptors (Lipinski definition) is 8. The van der Waals surface area contributed by atoms with Gasteiger partial charge in [-0.2, -0.15) is 8.42 Å². The van der Waals surface area contributed by atoms with Crippen molar-refractivity contribution in [3.63, 3.8) is 0 Å². The van der Waals surface area contributed by atoms with E-state index >= 15 is 0 Å². The summed E-state index contributed by atoms with van der Waals surface area (Å²) in [5, 5.41) is 0.761. The smallest absolute Gasteiger partial charge is 0.410 e. The van der Waals surface area contributed by atoms with Crippen LogP contribution < -0.4 is 0 Å². The van der Waals surface area contributed by atoms with E-state index in [2.05, 4.69) is 10.7 Å². The fourth-order valence-electron chi connectivity index (χ4n) is 2.80. The van der Waals surface area contributed by atoms with Crippen LogP contribution in [0.3, 0.4) is 0 Å². The molecule has 2 rings (SSSR count). The normalized spacial score (nSPS) is 19.8. The number of amides is 1. The van der Waals surface area contributed by atoms with Crippen LogP contribution in [0.2, 0.25) is 10.0 Å². The summed E-state index contributed by atoms with van der Waals surface area (Å²) in [5.41, 5.74) is 0.0779. The first-order valence-electron chi connectivity index (χ1n) is 9.64. The number of halogens is 3. The topological polar surface area (TPSA) is 116 Å². The summed E-state index contributed by atoms with van der Waals surface area (Å²) >= 11 is 12.1. The van der Waals surface area contributed by atoms with Gasteiger partial charge >= 0.3 is 6.09 Å². The fraction of sp³-hybridized carbons (Fsp3) is 0.632. The number of ether oxygens (including phenoxy) is 2. The third-order valence-electron chi connectivity index (χ3n) is 3.96. The van der Waals surface area contributed by atoms with Crippen molar-refractivity contribution in [3.05, 3.63) is 33.8 Å². The van der Waals surface area contributed by atoms with Crippen molar-refractivity contribution in [1.82, 2.24) is 4.90 Å². The molecule has 1 aromatic rings. The monoisotopic (exact) mass is 567 g/mol. The molecule has 1 fully saturated rings. The van der Waals surface area contributed by atoms with Crippen LogP contribution in [-0.4, -0.2) is 72.2 Å². The van der Waals surface area contributed by atoms with Gasteiger partial charge in [-0.25, -0.2) is 13.2 Å². The van der Waals surface area contributed by atoms with Gasteiger partial charge < -0.3 is 14.4 Å². The molecule has 1 amide bonds. The van der Waals surface area contributed by atoms with Gasteiger partial charge in [0.25, 0.3) is 10.1 Å². The molecule has 0 unspecified atom stereocenters. The lowest BCUT2D eigenvalue weighted by Crippen LogP contribution is -2.41. The zero-order valence-electron chi connectivity index (χ0n) is 18.9. The van der Waals surface area contributed by atoms with Crippen molar-refractivity contribution in [3.8, 4) is 0 Å². The predicted molar refractivity (Wildman–Crippen MR) is 128 cm³/mol. The van der Waals surface area contributed by atoms with Gasteiger partial charge in [0.2, 0.25) is 9.05 Å². The van der Waals surface area contributed by atoms with Crippen LogP contribution in [-0.2, 0) is 32.8 Å². The van der Waals surface area contributed by atoms with E-state index in [9.17, 15) is 21.6 Å². The number of hydrogen-bond donors (Lipinski definition) is 0. The molecule has 0 aliphatic carbocycles. The van der Waals surface area contributed by atoms with E-state index in [4.69, 9.17) is 36.9 Å². The Morgan fingerprint density at radius 3 is 2.21 bits per heavy atom. The lowest BCUT2D eigenvalue weighted by atomic mass is 9.96. The molecular formula is C19H28Cl3NO8S2. The summed E-state index contributed by atoms with van der Waals surface area (Å²) in [6.45, 7) is 5.95. The minimum absolute atomic E-state index is 0.150. The molecule has 0 radical (unpaired) electrons. The van der Waals surface area contributed by atoms with Gasteiger partial charge in [0.05, 0.1) is 41.9 Å². The Morgan fingerprint density at radius 1 is 1.15 bits per heavy atom. The Bertz CT molecular complexity index is 1020. The van der Waals surface area contributed by atoms with Gasteiger partial charge in [0, 0.05) is 29.7 Å². The lowest BCUT2D eigenvalue weighted by molar-refractivity contribution is 0.0160. The molecule has 33 heavy (non-hydrogen) atoms. The third-order valence-corrected chi connectivity index (χ3v) is 5.27. The second-order valence-corrected chi connectivity index (χ2v) is 13.8. The maximum atomic E-state index is 12.5. The van der Waals surface area contributed by atoms with Crippen LogP contribution in [0.5, 0.6) is 0 Å². The highest BCUT2D eigenvalue weighted by atomic mass is 35.7. The van der Waals surface area contributed by atoms with Crippen molar-refractivity contribution >= 4 is 59.1 Å². The molecule has 1 saturated heterocycles. The highest BCUT2D eigenvalue weighted by Gasteiger charge is 2.34. The van der Waals surface area contributed by atoms with Crippen LogP contribution >= 0.6 is 33.9 Å². The van der Waals surface area contributed by atoms with E-state index in [0.717, 1.165) is 18.1 Å². The molecule has 1 heterocycles. The average molecular weight is 569 g/mol. The van der Waals surface area contributed by atoms with Crippen molar-refractivity contribution < 1.29 is 35.3 Å². The van der Waals surface area contributed by atoms with Crippen molar-refractivity contribution in [2.75, 3.05) is 38.8 Å². The molecule has 190 valence electrons. The Balaban J connectivity index is 0.000000981. The molecule has 1 aliphatic heterocycles. The summed E-state index contributed by atoms with van der Waals surface area (Å²) < 4.78 is 58.2. The molecule has 0 bridgehead atoms. The van der Waals surface area contributed by atoms with Gasteiger partial charge in [-0.1, -0.05) is 29.3 Å². The highest BCUT2D eigenvalue weighted by molar-refractivity contribution is 8.13. The first-order chi connectivity index (χ1) is 14.9. The SMILES string of the molecule is CC(C)(C)OC(=O)N1CCO[C@@H](c2ccc(Cl)c(Cl)c2)[C@H](COS(C)(=O)=O)C1.CS(=O)(=O)Cl. The Morgan fingerprint density at radius 2 is 1.73 bits per heavy atom. The van der Waals surface area contributed by atoms with E-state index in [1.54, 1.807) is 39.0 Å². The molecular weight excluding hydrogens is 541 g/mol. The summed E-state index contributed by atoms with van der Waals surface area (Å²) in [6, 6.07) is 5.08. The summed E-state index contributed by atoms with van der Waals surface area (Å²) in [7, 11) is -2.35. The fourth-order valence-corrected chi connectivity index (χ4v) is 3.53. The quantitative estimate of drug-likeness (QED) is 0.394. The molecule has 9 nitrogen and oxygen atoms in total. The second kappa shape index (κ2) is 12.2. The largest absolute Gasteiger partial charge is 0.444 e. The molecule has 0 spiro atoms. The van der Waals surface area contributed by atoms with Crippen LogP contribution in [0.1, 0.15) is 32.4 Å². The van der Waals surface area contributed by atoms with Crippen molar-refractivity contribution in [2.24, 2.45) is 5.92 Å². The van der Waals surface area contributed by atoms with Crippen LogP contribution in [0.15, 0.2) is 18.2 Å². The summed E-state index contributed by atoms with van der Waals surface area (Å²) in [5.74, 6) is -0.456. The second-order valence-electron chi connectivity index (χ2n) is 8.32. The minimum atomic E-state index is -3.66. The third kappa shape index (κ3) is 13.0. The number of rotatable bonds is 4. The zero-order chi connectivity index (χ0) is 25.6. The standard InChI is InChI=1S/C18H25Cl2NO6S.CH3ClO2S/c1-18(2,3)27-17(22)21-7-8-25-16(12-5-6-14(19)15(20)9-12)13(10-21)11-26-28(4,23)24;1-5(2,3)4/h5-6,9,13,16H,7-8,10-11H2,1-4H3;1H3/t13-,16-;/m0./s1. The zero-order valence-corrected chi connectivity index (χ0v) is 22.8. The van der Waals surface area contributed by atoms with Gasteiger partial charge in [0.1, 0.15) is 5.60 Å². The highest BCUT2D eigenvalue weighted by Crippen LogP contribution is 2.34. The maximum absolute atomic E-state index is 12.5. The minimum Gasteiger partial charge on any atom is -0.444 e. The first-order valence-corrected chi connectivity index (χ1v) is 14.9. The average Bonchev–Trinajstić information content (AvgIpc) is 2.81. The molecule has 0 aromatic heterocycles. The predicted octanol–water partition coefficient (Wildman–Crippen LogP) is 4.08. The van der Waals surface area contributed by atoms with Crippen LogP contribution in [0.25, 0.3) is 0 Å². The van der Waals surface area contributed by atoms with E-state index in [1.807, 2.05) is 0 Å². The summed E-state index contributed by atoms with van der Waals surface area (Å²) in [4.78, 5) is 14.0. The van der Waals surface area contributed by atoms with Crippen LogP contribution in [0, 0.1) is 5.92 Å². The summed E-state index contributed by atoms with van der Waals surface area (Å²) in [6.07, 6.45) is 0.887. The van der Waals surface area contributed by atoms with Gasteiger partial charge in [0.15, 0.2) is 0 Å². The van der Waals surface area contributed by atoms with Crippen molar-refractivity contribution in [2.45, 2.75) is 32.5 Å². The Kier molecular flexibility index (Phi) is 11.2.